The van der Waals surface area contributed by atoms with Crippen molar-refractivity contribution in [2.45, 2.75) is 13.0 Å². The fourth-order valence-corrected chi connectivity index (χ4v) is 1.42. The number of amides is 1. The van der Waals surface area contributed by atoms with Gasteiger partial charge in [-0.05, 0) is 24.6 Å². The van der Waals surface area contributed by atoms with Gasteiger partial charge in [-0.1, -0.05) is 0 Å². The molecular formula is C11H13N5O. The van der Waals surface area contributed by atoms with E-state index >= 15 is 0 Å². The van der Waals surface area contributed by atoms with Crippen molar-refractivity contribution >= 4 is 5.91 Å². The summed E-state index contributed by atoms with van der Waals surface area (Å²) < 4.78 is 1.49. The van der Waals surface area contributed by atoms with Crippen LogP contribution < -0.4 is 11.5 Å². The zero-order valence-electron chi connectivity index (χ0n) is 9.37. The van der Waals surface area contributed by atoms with Gasteiger partial charge in [0.05, 0.1) is 11.8 Å². The first kappa shape index (κ1) is 11.3. The minimum Gasteiger partial charge on any atom is -0.366 e. The molecule has 2 rings (SSSR count). The third kappa shape index (κ3) is 2.31. The Kier molecular flexibility index (Phi) is 2.88. The fourth-order valence-electron chi connectivity index (χ4n) is 1.42. The first-order valence-corrected chi connectivity index (χ1v) is 5.14. The summed E-state index contributed by atoms with van der Waals surface area (Å²) >= 11 is 0. The highest BCUT2D eigenvalue weighted by Gasteiger charge is 2.07. The maximum absolute atomic E-state index is 10.9. The topological polar surface area (TPSA) is 99.8 Å². The van der Waals surface area contributed by atoms with E-state index < -0.39 is 5.91 Å². The molecule has 2 heterocycles. The summed E-state index contributed by atoms with van der Waals surface area (Å²) in [5.41, 5.74) is 12.2. The number of primary amides is 1. The van der Waals surface area contributed by atoms with Gasteiger partial charge < -0.3 is 11.5 Å². The van der Waals surface area contributed by atoms with Crippen molar-refractivity contribution in [2.24, 2.45) is 11.5 Å². The Bertz CT molecular complexity index is 546. The minimum atomic E-state index is -0.514. The van der Waals surface area contributed by atoms with Crippen LogP contribution in [0.4, 0.5) is 0 Å². The standard InChI is InChI=1S/C11H13N5O/c1-7(12)8-2-3-14-10(4-8)16-6-9(5-15-16)11(13)17/h2-7H,12H2,1H3,(H2,13,17)/t7-/m0/s1. The molecule has 1 amide bonds. The smallest absolute Gasteiger partial charge is 0.251 e. The Labute approximate surface area is 98.3 Å². The highest BCUT2D eigenvalue weighted by molar-refractivity contribution is 5.92. The number of carbonyl (C=O) groups is 1. The molecule has 4 N–H and O–H groups in total. The predicted octanol–water partition coefficient (Wildman–Crippen LogP) is 0.386. The average molecular weight is 231 g/mol. The van der Waals surface area contributed by atoms with Crippen molar-refractivity contribution in [1.29, 1.82) is 0 Å². The lowest BCUT2D eigenvalue weighted by atomic mass is 10.1. The molecule has 0 aliphatic carbocycles. The zero-order chi connectivity index (χ0) is 12.4. The van der Waals surface area contributed by atoms with Crippen LogP contribution in [0.2, 0.25) is 0 Å². The molecule has 1 atom stereocenters. The Morgan fingerprint density at radius 2 is 2.29 bits per heavy atom. The Morgan fingerprint density at radius 1 is 1.53 bits per heavy atom. The Morgan fingerprint density at radius 3 is 2.88 bits per heavy atom. The number of carbonyl (C=O) groups excluding carboxylic acids is 1. The summed E-state index contributed by atoms with van der Waals surface area (Å²) in [6.45, 7) is 1.89. The van der Waals surface area contributed by atoms with E-state index in [1.54, 1.807) is 6.20 Å². The van der Waals surface area contributed by atoms with E-state index in [1.807, 2.05) is 19.1 Å². The van der Waals surface area contributed by atoms with Gasteiger partial charge in [-0.2, -0.15) is 5.10 Å². The zero-order valence-corrected chi connectivity index (χ0v) is 9.37. The normalized spacial score (nSPS) is 12.4. The third-order valence-corrected chi connectivity index (χ3v) is 2.40. The number of hydrogen-bond donors (Lipinski definition) is 2. The second kappa shape index (κ2) is 4.34. The molecule has 0 saturated carbocycles. The van der Waals surface area contributed by atoms with E-state index in [1.165, 1.54) is 17.1 Å². The third-order valence-electron chi connectivity index (χ3n) is 2.40. The van der Waals surface area contributed by atoms with Crippen LogP contribution in [0.5, 0.6) is 0 Å². The summed E-state index contributed by atoms with van der Waals surface area (Å²) in [5, 5.41) is 4.02. The van der Waals surface area contributed by atoms with Crippen LogP contribution in [0, 0.1) is 0 Å². The highest BCUT2D eigenvalue weighted by Crippen LogP contribution is 2.12. The van der Waals surface area contributed by atoms with Gasteiger partial charge in [-0.3, -0.25) is 4.79 Å². The number of aromatic nitrogens is 3. The minimum absolute atomic E-state index is 0.0806. The van der Waals surface area contributed by atoms with Gasteiger partial charge in [-0.25, -0.2) is 9.67 Å². The van der Waals surface area contributed by atoms with Gasteiger partial charge in [-0.15, -0.1) is 0 Å². The average Bonchev–Trinajstić information content (AvgIpc) is 2.78. The van der Waals surface area contributed by atoms with Gasteiger partial charge in [0.25, 0.3) is 5.91 Å². The molecule has 0 bridgehead atoms. The van der Waals surface area contributed by atoms with Crippen LogP contribution >= 0.6 is 0 Å². The van der Waals surface area contributed by atoms with E-state index in [-0.39, 0.29) is 6.04 Å². The molecule has 17 heavy (non-hydrogen) atoms. The van der Waals surface area contributed by atoms with E-state index in [0.717, 1.165) is 5.56 Å². The molecule has 0 unspecified atom stereocenters. The number of pyridine rings is 1. The Balaban J connectivity index is 2.38. The maximum atomic E-state index is 10.9. The fraction of sp³-hybridized carbons (Fsp3) is 0.182. The number of hydrogen-bond acceptors (Lipinski definition) is 4. The number of nitrogens with two attached hydrogens (primary N) is 2. The summed E-state index contributed by atoms with van der Waals surface area (Å²) in [5.74, 6) is 0.0897. The predicted molar refractivity (Wildman–Crippen MR) is 62.5 cm³/mol. The van der Waals surface area contributed by atoms with Crippen molar-refractivity contribution in [3.05, 3.63) is 41.9 Å². The molecule has 0 saturated heterocycles. The van der Waals surface area contributed by atoms with Crippen LogP contribution in [0.15, 0.2) is 30.7 Å². The molecule has 0 aromatic carbocycles. The number of nitrogens with zero attached hydrogens (tertiary/aromatic N) is 3. The SMILES string of the molecule is C[C@H](N)c1ccnc(-n2cc(C(N)=O)cn2)c1. The van der Waals surface area contributed by atoms with Crippen LogP contribution in [-0.2, 0) is 0 Å². The molecule has 0 fully saturated rings. The lowest BCUT2D eigenvalue weighted by molar-refractivity contribution is 0.100. The second-order valence-corrected chi connectivity index (χ2v) is 3.77. The van der Waals surface area contributed by atoms with Gasteiger partial charge in [0, 0.05) is 18.4 Å². The molecular weight excluding hydrogens is 218 g/mol. The molecule has 6 heteroatoms. The molecule has 0 spiro atoms. The van der Waals surface area contributed by atoms with Crippen LogP contribution in [0.1, 0.15) is 28.9 Å². The molecule has 6 nitrogen and oxygen atoms in total. The van der Waals surface area contributed by atoms with Crippen molar-refractivity contribution in [2.75, 3.05) is 0 Å². The van der Waals surface area contributed by atoms with E-state index in [2.05, 4.69) is 10.1 Å². The first-order valence-electron chi connectivity index (χ1n) is 5.14. The van der Waals surface area contributed by atoms with E-state index in [4.69, 9.17) is 11.5 Å². The molecule has 2 aromatic heterocycles. The van der Waals surface area contributed by atoms with Gasteiger partial charge in [0.15, 0.2) is 5.82 Å². The van der Waals surface area contributed by atoms with Crippen molar-refractivity contribution < 1.29 is 4.79 Å². The van der Waals surface area contributed by atoms with Gasteiger partial charge in [0.1, 0.15) is 0 Å². The summed E-state index contributed by atoms with van der Waals surface area (Å²) in [7, 11) is 0. The summed E-state index contributed by atoms with van der Waals surface area (Å²) in [6.07, 6.45) is 4.60. The van der Waals surface area contributed by atoms with Gasteiger partial charge >= 0.3 is 0 Å². The highest BCUT2D eigenvalue weighted by atomic mass is 16.1. The lowest BCUT2D eigenvalue weighted by Crippen LogP contribution is -2.10. The molecule has 0 aliphatic rings. The van der Waals surface area contributed by atoms with E-state index in [9.17, 15) is 4.79 Å². The quantitative estimate of drug-likeness (QED) is 0.797. The maximum Gasteiger partial charge on any atom is 0.251 e. The number of rotatable bonds is 3. The van der Waals surface area contributed by atoms with Crippen LogP contribution in [-0.4, -0.2) is 20.7 Å². The summed E-state index contributed by atoms with van der Waals surface area (Å²) in [4.78, 5) is 15.1. The monoisotopic (exact) mass is 231 g/mol. The molecule has 0 aliphatic heterocycles. The van der Waals surface area contributed by atoms with Crippen LogP contribution in [0.3, 0.4) is 0 Å². The molecule has 2 aromatic rings. The Hall–Kier alpha value is -2.21. The molecule has 0 radical (unpaired) electrons. The lowest BCUT2D eigenvalue weighted by Gasteiger charge is -2.06. The van der Waals surface area contributed by atoms with Gasteiger partial charge in [0.2, 0.25) is 0 Å². The molecule has 88 valence electrons. The second-order valence-electron chi connectivity index (χ2n) is 3.77. The summed E-state index contributed by atoms with van der Waals surface area (Å²) in [6, 6.07) is 3.58. The van der Waals surface area contributed by atoms with Crippen LogP contribution in [0.25, 0.3) is 5.82 Å². The first-order chi connectivity index (χ1) is 8.08. The van der Waals surface area contributed by atoms with E-state index in [0.29, 0.717) is 11.4 Å². The van der Waals surface area contributed by atoms with Crippen molar-refractivity contribution in [1.82, 2.24) is 14.8 Å². The van der Waals surface area contributed by atoms with Crippen molar-refractivity contribution in [3.63, 3.8) is 0 Å². The van der Waals surface area contributed by atoms with Crippen molar-refractivity contribution in [3.8, 4) is 5.82 Å². The largest absolute Gasteiger partial charge is 0.366 e.